The van der Waals surface area contributed by atoms with Crippen molar-refractivity contribution in [3.8, 4) is 0 Å². The average Bonchev–Trinajstić information content (AvgIpc) is 2.37. The smallest absolute Gasteiger partial charge is 0.255 e. The van der Waals surface area contributed by atoms with Gasteiger partial charge >= 0.3 is 0 Å². The second kappa shape index (κ2) is 5.71. The average molecular weight is 276 g/mol. The molecule has 0 saturated carbocycles. The molecule has 1 fully saturated rings. The fourth-order valence-electron chi connectivity index (χ4n) is 2.71. The van der Waals surface area contributed by atoms with Gasteiger partial charge in [-0.1, -0.05) is 0 Å². The zero-order valence-electron chi connectivity index (χ0n) is 12.8. The van der Waals surface area contributed by atoms with Crippen LogP contribution in [-0.2, 0) is 0 Å². The number of nitrogen functional groups attached to an aromatic ring is 1. The third-order valence-corrected chi connectivity index (χ3v) is 3.80. The zero-order valence-corrected chi connectivity index (χ0v) is 12.8. The van der Waals surface area contributed by atoms with E-state index in [9.17, 15) is 4.79 Å². The molecule has 0 spiro atoms. The molecule has 1 unspecified atom stereocenters. The Morgan fingerprint density at radius 2 is 2.05 bits per heavy atom. The number of likely N-dealkylation sites (N-methyl/N-ethyl adjacent to an activating group) is 1. The van der Waals surface area contributed by atoms with Gasteiger partial charge in [0.2, 0.25) is 0 Å². The molecule has 0 radical (unpaired) electrons. The molecule has 1 heterocycles. The van der Waals surface area contributed by atoms with Crippen LogP contribution in [0.1, 0.15) is 17.3 Å². The first-order valence-corrected chi connectivity index (χ1v) is 6.96. The fraction of sp³-hybridized carbons (Fsp3) is 0.533. The van der Waals surface area contributed by atoms with Gasteiger partial charge in [-0.2, -0.15) is 0 Å². The summed E-state index contributed by atoms with van der Waals surface area (Å²) in [5.74, 6) is 0.0196. The van der Waals surface area contributed by atoms with E-state index in [-0.39, 0.29) is 5.91 Å². The maximum atomic E-state index is 12.3. The van der Waals surface area contributed by atoms with Gasteiger partial charge in [0.1, 0.15) is 0 Å². The van der Waals surface area contributed by atoms with E-state index in [0.717, 1.165) is 30.9 Å². The lowest BCUT2D eigenvalue weighted by molar-refractivity contribution is 0.0828. The second-order valence-corrected chi connectivity index (χ2v) is 5.78. The molecule has 2 rings (SSSR count). The van der Waals surface area contributed by atoms with Gasteiger partial charge in [-0.15, -0.1) is 0 Å². The minimum absolute atomic E-state index is 0.0196. The normalized spacial score (nSPS) is 20.0. The summed E-state index contributed by atoms with van der Waals surface area (Å²) < 4.78 is 0. The number of amides is 1. The Hall–Kier alpha value is -1.75. The van der Waals surface area contributed by atoms with Crippen LogP contribution >= 0.6 is 0 Å². The van der Waals surface area contributed by atoms with Gasteiger partial charge in [-0.05, 0) is 32.2 Å². The van der Waals surface area contributed by atoms with Crippen molar-refractivity contribution in [2.45, 2.75) is 13.0 Å². The van der Waals surface area contributed by atoms with E-state index in [4.69, 9.17) is 5.73 Å². The maximum absolute atomic E-state index is 12.3. The van der Waals surface area contributed by atoms with Gasteiger partial charge in [0.05, 0.1) is 11.3 Å². The summed E-state index contributed by atoms with van der Waals surface area (Å²) in [5.41, 5.74) is 8.29. The van der Waals surface area contributed by atoms with E-state index in [0.29, 0.717) is 11.7 Å². The summed E-state index contributed by atoms with van der Waals surface area (Å²) in [6, 6.07) is 5.90. The first kappa shape index (κ1) is 14.7. The number of rotatable bonds is 2. The lowest BCUT2D eigenvalue weighted by Crippen LogP contribution is -2.51. The maximum Gasteiger partial charge on any atom is 0.255 e. The van der Waals surface area contributed by atoms with Crippen molar-refractivity contribution in [3.05, 3.63) is 23.8 Å². The van der Waals surface area contributed by atoms with Crippen molar-refractivity contribution >= 4 is 17.3 Å². The molecule has 1 amide bonds. The van der Waals surface area contributed by atoms with E-state index >= 15 is 0 Å². The van der Waals surface area contributed by atoms with E-state index in [1.54, 1.807) is 25.1 Å². The SMILES string of the molecule is CC1CN(C)CCN1c1cc(N)ccc1C(=O)N(C)C. The quantitative estimate of drug-likeness (QED) is 0.822. The molecule has 1 aliphatic rings. The Morgan fingerprint density at radius 1 is 1.35 bits per heavy atom. The zero-order chi connectivity index (χ0) is 14.9. The predicted molar refractivity (Wildman–Crippen MR) is 83.2 cm³/mol. The van der Waals surface area contributed by atoms with E-state index < -0.39 is 0 Å². The highest BCUT2D eigenvalue weighted by Crippen LogP contribution is 2.27. The molecule has 0 aliphatic carbocycles. The number of hydrogen-bond acceptors (Lipinski definition) is 4. The Labute approximate surface area is 120 Å². The Kier molecular flexibility index (Phi) is 4.18. The lowest BCUT2D eigenvalue weighted by Gasteiger charge is -2.40. The minimum atomic E-state index is 0.0196. The highest BCUT2D eigenvalue weighted by atomic mass is 16.2. The summed E-state index contributed by atoms with van der Waals surface area (Å²) in [4.78, 5) is 18.5. The number of carbonyl (C=O) groups is 1. The highest BCUT2D eigenvalue weighted by molar-refractivity contribution is 6.00. The third kappa shape index (κ3) is 2.88. The Morgan fingerprint density at radius 3 is 2.65 bits per heavy atom. The van der Waals surface area contributed by atoms with E-state index in [2.05, 4.69) is 23.8 Å². The second-order valence-electron chi connectivity index (χ2n) is 5.78. The van der Waals surface area contributed by atoms with Crippen molar-refractivity contribution < 1.29 is 4.79 Å². The van der Waals surface area contributed by atoms with Crippen LogP contribution in [0.3, 0.4) is 0 Å². The number of hydrogen-bond donors (Lipinski definition) is 1. The molecule has 5 heteroatoms. The molecular weight excluding hydrogens is 252 g/mol. The topological polar surface area (TPSA) is 52.8 Å². The van der Waals surface area contributed by atoms with Crippen LogP contribution in [0.2, 0.25) is 0 Å². The lowest BCUT2D eigenvalue weighted by atomic mass is 10.1. The molecular formula is C15H24N4O. The number of anilines is 2. The van der Waals surface area contributed by atoms with E-state index in [1.165, 1.54) is 0 Å². The van der Waals surface area contributed by atoms with Gasteiger partial charge in [-0.3, -0.25) is 4.79 Å². The van der Waals surface area contributed by atoms with Gasteiger partial charge in [0, 0.05) is 45.5 Å². The first-order chi connectivity index (χ1) is 9.40. The summed E-state index contributed by atoms with van der Waals surface area (Å²) >= 11 is 0. The van der Waals surface area contributed by atoms with Crippen LogP contribution in [0.4, 0.5) is 11.4 Å². The molecule has 1 aliphatic heterocycles. The van der Waals surface area contributed by atoms with Gasteiger partial charge in [-0.25, -0.2) is 0 Å². The van der Waals surface area contributed by atoms with Crippen LogP contribution in [0, 0.1) is 0 Å². The number of nitrogens with zero attached hydrogens (tertiary/aromatic N) is 3. The number of carbonyl (C=O) groups excluding carboxylic acids is 1. The molecule has 0 bridgehead atoms. The molecule has 2 N–H and O–H groups in total. The number of benzene rings is 1. The van der Waals surface area contributed by atoms with Crippen LogP contribution in [0.25, 0.3) is 0 Å². The highest BCUT2D eigenvalue weighted by Gasteiger charge is 2.26. The molecule has 110 valence electrons. The molecule has 1 atom stereocenters. The Bertz CT molecular complexity index is 501. The monoisotopic (exact) mass is 276 g/mol. The van der Waals surface area contributed by atoms with Crippen molar-refractivity contribution in [3.63, 3.8) is 0 Å². The van der Waals surface area contributed by atoms with Crippen molar-refractivity contribution in [2.24, 2.45) is 0 Å². The molecule has 5 nitrogen and oxygen atoms in total. The summed E-state index contributed by atoms with van der Waals surface area (Å²) in [5, 5.41) is 0. The summed E-state index contributed by atoms with van der Waals surface area (Å²) in [7, 11) is 5.67. The number of nitrogens with two attached hydrogens (primary N) is 1. The van der Waals surface area contributed by atoms with Crippen molar-refractivity contribution in [2.75, 3.05) is 51.4 Å². The van der Waals surface area contributed by atoms with Crippen LogP contribution < -0.4 is 10.6 Å². The van der Waals surface area contributed by atoms with Crippen LogP contribution in [0.5, 0.6) is 0 Å². The van der Waals surface area contributed by atoms with Crippen LogP contribution in [-0.4, -0.2) is 62.5 Å². The Balaban J connectivity index is 2.39. The predicted octanol–water partition coefficient (Wildman–Crippen LogP) is 1.11. The molecule has 1 aromatic rings. The summed E-state index contributed by atoms with van der Waals surface area (Å²) in [6.07, 6.45) is 0. The largest absolute Gasteiger partial charge is 0.399 e. The molecule has 0 aromatic heterocycles. The number of piperazine rings is 1. The molecule has 20 heavy (non-hydrogen) atoms. The standard InChI is InChI=1S/C15H24N4O/c1-11-10-18(4)7-8-19(11)14-9-12(16)5-6-13(14)15(20)17(2)3/h5-6,9,11H,7-8,10,16H2,1-4H3. The molecule has 1 aromatic carbocycles. The minimum Gasteiger partial charge on any atom is -0.399 e. The van der Waals surface area contributed by atoms with Crippen molar-refractivity contribution in [1.29, 1.82) is 0 Å². The van der Waals surface area contributed by atoms with Gasteiger partial charge < -0.3 is 20.4 Å². The van der Waals surface area contributed by atoms with Gasteiger partial charge in [0.15, 0.2) is 0 Å². The first-order valence-electron chi connectivity index (χ1n) is 6.96. The van der Waals surface area contributed by atoms with Gasteiger partial charge in [0.25, 0.3) is 5.91 Å². The third-order valence-electron chi connectivity index (χ3n) is 3.80. The van der Waals surface area contributed by atoms with E-state index in [1.807, 2.05) is 12.1 Å². The molecule has 1 saturated heterocycles. The summed E-state index contributed by atoms with van der Waals surface area (Å²) in [6.45, 7) is 5.08. The van der Waals surface area contributed by atoms with Crippen LogP contribution in [0.15, 0.2) is 18.2 Å². The fourth-order valence-corrected chi connectivity index (χ4v) is 2.71. The van der Waals surface area contributed by atoms with Crippen molar-refractivity contribution in [1.82, 2.24) is 9.80 Å².